The fourth-order valence-corrected chi connectivity index (χ4v) is 0.771. The first kappa shape index (κ1) is 15.9. The van der Waals surface area contributed by atoms with Crippen LogP contribution in [0.3, 0.4) is 0 Å². The predicted octanol–water partition coefficient (Wildman–Crippen LogP) is -3.44. The molecule has 0 saturated carbocycles. The molecule has 0 aromatic carbocycles. The maximum Gasteiger partial charge on any atom is 1.00 e. The van der Waals surface area contributed by atoms with Crippen LogP contribution in [0.1, 0.15) is 21.2 Å². The van der Waals surface area contributed by atoms with Gasteiger partial charge in [-0.1, -0.05) is 0 Å². The maximum atomic E-state index is 10.5. The Kier molecular flexibility index (Phi) is 8.82. The Morgan fingerprint density at radius 2 is 1.86 bits per heavy atom. The van der Waals surface area contributed by atoms with Gasteiger partial charge in [0.25, 0.3) is 0 Å². The third-order valence-corrected chi connectivity index (χ3v) is 1.32. The van der Waals surface area contributed by atoms with Crippen molar-refractivity contribution in [2.75, 3.05) is 0 Å². The molecule has 0 heterocycles. The van der Waals surface area contributed by atoms with E-state index in [4.69, 9.17) is 10.2 Å². The average molecular weight is 213 g/mol. The Bertz CT molecular complexity index is 235. The molecule has 0 aliphatic heterocycles. The Labute approximate surface area is 104 Å². The minimum Gasteiger partial charge on any atom is -1.00 e. The van der Waals surface area contributed by atoms with Crippen LogP contribution in [0.2, 0.25) is 0 Å². The third-order valence-electron chi connectivity index (χ3n) is 1.32. The van der Waals surface area contributed by atoms with Gasteiger partial charge in [-0.2, -0.15) is 0 Å². The molecule has 0 aromatic rings. The second-order valence-corrected chi connectivity index (χ2v) is 2.52. The Morgan fingerprint density at radius 1 is 1.36 bits per heavy atom. The van der Waals surface area contributed by atoms with Crippen molar-refractivity contribution in [3.05, 3.63) is 0 Å². The summed E-state index contributed by atoms with van der Waals surface area (Å²) in [5, 5.41) is 18.9. The summed E-state index contributed by atoms with van der Waals surface area (Å²) in [6, 6.07) is -1.12. The number of carbonyl (C=O) groups is 3. The van der Waals surface area contributed by atoms with Crippen LogP contribution in [0.25, 0.3) is 0 Å². The van der Waals surface area contributed by atoms with Crippen LogP contribution in [0.15, 0.2) is 0 Å². The molecule has 1 amide bonds. The van der Waals surface area contributed by atoms with Gasteiger partial charge in [0.2, 0.25) is 5.91 Å². The fourth-order valence-electron chi connectivity index (χ4n) is 0.771. The van der Waals surface area contributed by atoms with E-state index in [1.165, 1.54) is 6.92 Å². The average Bonchev–Trinajstić information content (AvgIpc) is 1.96. The number of aliphatic carboxylic acids is 2. The van der Waals surface area contributed by atoms with Crippen molar-refractivity contribution < 1.29 is 55.6 Å². The normalized spacial score (nSPS) is 10.9. The molecule has 76 valence electrons. The van der Waals surface area contributed by atoms with Crippen LogP contribution >= 0.6 is 0 Å². The van der Waals surface area contributed by atoms with Gasteiger partial charge in [0.1, 0.15) is 6.04 Å². The van der Waals surface area contributed by atoms with E-state index in [2.05, 4.69) is 5.32 Å². The molecule has 0 fully saturated rings. The molecule has 6 nitrogen and oxygen atoms in total. The molecule has 3 N–H and O–H groups in total. The Hall–Kier alpha value is -0.590. The molecule has 1 atom stereocenters. The Morgan fingerprint density at radius 3 is 2.14 bits per heavy atom. The minimum atomic E-state index is -1.23. The van der Waals surface area contributed by atoms with Crippen LogP contribution in [0, 0.1) is 0 Å². The first-order valence-electron chi connectivity index (χ1n) is 3.65. The fraction of sp³-hybridized carbons (Fsp3) is 0.571. The van der Waals surface area contributed by atoms with Crippen molar-refractivity contribution in [2.45, 2.75) is 25.8 Å². The van der Waals surface area contributed by atoms with Crippen LogP contribution < -0.4 is 34.9 Å². The molecule has 0 unspecified atom stereocenters. The van der Waals surface area contributed by atoms with E-state index in [1.54, 1.807) is 0 Å². The van der Waals surface area contributed by atoms with Crippen molar-refractivity contribution in [2.24, 2.45) is 0 Å². The second-order valence-electron chi connectivity index (χ2n) is 2.52. The van der Waals surface area contributed by atoms with Gasteiger partial charge in [-0.3, -0.25) is 9.59 Å². The maximum absolute atomic E-state index is 10.5. The summed E-state index contributed by atoms with van der Waals surface area (Å²) in [6.45, 7) is 1.18. The van der Waals surface area contributed by atoms with E-state index in [1.807, 2.05) is 0 Å². The van der Waals surface area contributed by atoms with Crippen molar-refractivity contribution >= 4 is 17.8 Å². The Balaban J connectivity index is -0.000000720. The number of hydrogen-bond donors (Lipinski definition) is 3. The smallest absolute Gasteiger partial charge is 1.00 e. The summed E-state index contributed by atoms with van der Waals surface area (Å²) in [5.74, 6) is -2.80. The van der Waals surface area contributed by atoms with Crippen LogP contribution in [0.4, 0.5) is 0 Å². The monoisotopic (exact) mass is 213 g/mol. The summed E-state index contributed by atoms with van der Waals surface area (Å²) < 4.78 is 0. The first-order chi connectivity index (χ1) is 5.93. The van der Waals surface area contributed by atoms with E-state index >= 15 is 0 Å². The molecular weight excluding hydrogens is 201 g/mol. The molecule has 0 radical (unpaired) electrons. The topological polar surface area (TPSA) is 104 Å². The quantitative estimate of drug-likeness (QED) is 0.412. The van der Waals surface area contributed by atoms with Gasteiger partial charge in [0.15, 0.2) is 0 Å². The third kappa shape index (κ3) is 8.03. The molecular formula is C7H12NNaO5. The van der Waals surface area contributed by atoms with Gasteiger partial charge in [0, 0.05) is 13.3 Å². The van der Waals surface area contributed by atoms with Crippen molar-refractivity contribution in [3.8, 4) is 0 Å². The molecule has 0 spiro atoms. The van der Waals surface area contributed by atoms with E-state index in [0.29, 0.717) is 0 Å². The van der Waals surface area contributed by atoms with Crippen LogP contribution in [0.5, 0.6) is 0 Å². The van der Waals surface area contributed by atoms with Crippen molar-refractivity contribution in [3.63, 3.8) is 0 Å². The minimum absolute atomic E-state index is 0. The van der Waals surface area contributed by atoms with Crippen LogP contribution in [-0.2, 0) is 14.4 Å². The number of carbonyl (C=O) groups excluding carboxylic acids is 1. The number of nitrogens with one attached hydrogen (secondary N) is 1. The first-order valence-corrected chi connectivity index (χ1v) is 3.65. The number of hydrogen-bond acceptors (Lipinski definition) is 3. The van der Waals surface area contributed by atoms with Gasteiger partial charge in [-0.25, -0.2) is 4.79 Å². The molecule has 0 aliphatic rings. The zero-order valence-electron chi connectivity index (χ0n) is 9.11. The molecule has 0 saturated heterocycles. The van der Waals surface area contributed by atoms with E-state index in [-0.39, 0.29) is 43.8 Å². The van der Waals surface area contributed by atoms with Crippen LogP contribution in [-0.4, -0.2) is 34.1 Å². The zero-order valence-corrected chi connectivity index (χ0v) is 10.1. The van der Waals surface area contributed by atoms with Gasteiger partial charge in [0.05, 0.1) is 0 Å². The SMILES string of the molecule is CC(=O)N[C@H](CCC(=O)O)C(=O)O.[H-].[Na+]. The molecule has 7 heteroatoms. The zero-order chi connectivity index (χ0) is 10.4. The van der Waals surface area contributed by atoms with E-state index in [9.17, 15) is 14.4 Å². The second kappa shape index (κ2) is 7.78. The van der Waals surface area contributed by atoms with Crippen molar-refractivity contribution in [1.82, 2.24) is 5.32 Å². The number of carboxylic acid groups (broad SMARTS) is 2. The summed E-state index contributed by atoms with van der Waals surface area (Å²) in [4.78, 5) is 31.0. The molecule has 0 bridgehead atoms. The van der Waals surface area contributed by atoms with E-state index < -0.39 is 23.9 Å². The number of rotatable bonds is 5. The van der Waals surface area contributed by atoms with Gasteiger partial charge < -0.3 is 17.0 Å². The van der Waals surface area contributed by atoms with Gasteiger partial charge in [-0.05, 0) is 6.42 Å². The molecule has 0 rings (SSSR count). The summed E-state index contributed by atoms with van der Waals surface area (Å²) in [5.41, 5.74) is 0. The summed E-state index contributed by atoms with van der Waals surface area (Å²) >= 11 is 0. The standard InChI is InChI=1S/C7H11NO5.Na.H/c1-4(9)8-5(7(12)13)2-3-6(10)11;;/h5H,2-3H2,1H3,(H,8,9)(H,10,11)(H,12,13);;/q;+1;-1/t5-;;/m1../s1. The number of amides is 1. The summed E-state index contributed by atoms with van der Waals surface area (Å²) in [6.07, 6.45) is -0.387. The largest absolute Gasteiger partial charge is 1.00 e. The van der Waals surface area contributed by atoms with Crippen molar-refractivity contribution in [1.29, 1.82) is 0 Å². The van der Waals surface area contributed by atoms with Gasteiger partial charge in [-0.15, -0.1) is 0 Å². The predicted molar refractivity (Wildman–Crippen MR) is 43.2 cm³/mol. The van der Waals surface area contributed by atoms with Gasteiger partial charge >= 0.3 is 41.5 Å². The van der Waals surface area contributed by atoms with E-state index in [0.717, 1.165) is 0 Å². The molecule has 0 aromatic heterocycles. The summed E-state index contributed by atoms with van der Waals surface area (Å²) in [7, 11) is 0. The molecule has 0 aliphatic carbocycles. The number of carboxylic acids is 2. The molecule has 14 heavy (non-hydrogen) atoms.